The average Bonchev–Trinajstić information content (AvgIpc) is 2.36. The van der Waals surface area contributed by atoms with E-state index in [1.807, 2.05) is 12.1 Å². The number of H-pyrrole nitrogens is 1. The van der Waals surface area contributed by atoms with E-state index in [1.165, 1.54) is 13.8 Å². The molecule has 3 N–H and O–H groups in total. The lowest BCUT2D eigenvalue weighted by Gasteiger charge is -2.20. The molecule has 0 bridgehead atoms. The largest absolute Gasteiger partial charge is 0.480 e. The van der Waals surface area contributed by atoms with Crippen LogP contribution in [0.1, 0.15) is 19.5 Å². The summed E-state index contributed by atoms with van der Waals surface area (Å²) in [5.74, 6) is -0.982. The minimum atomic E-state index is -1.11. The van der Waals surface area contributed by atoms with Gasteiger partial charge in [0.1, 0.15) is 11.2 Å². The van der Waals surface area contributed by atoms with Crippen LogP contribution in [0.15, 0.2) is 29.1 Å². The average molecular weight is 261 g/mol. The van der Waals surface area contributed by atoms with Crippen molar-refractivity contribution in [2.24, 2.45) is 0 Å². The van der Waals surface area contributed by atoms with E-state index >= 15 is 0 Å². The summed E-state index contributed by atoms with van der Waals surface area (Å²) >= 11 is 0. The van der Waals surface area contributed by atoms with E-state index in [0.717, 1.165) is 0 Å². The maximum Gasteiger partial charge on any atom is 0.323 e. The zero-order valence-electron chi connectivity index (χ0n) is 10.7. The van der Waals surface area contributed by atoms with Gasteiger partial charge in [0.25, 0.3) is 5.56 Å². The summed E-state index contributed by atoms with van der Waals surface area (Å²) in [4.78, 5) is 29.7. The van der Waals surface area contributed by atoms with Gasteiger partial charge >= 0.3 is 5.97 Å². The van der Waals surface area contributed by atoms with Crippen molar-refractivity contribution in [3.63, 3.8) is 0 Å². The number of carbonyl (C=O) groups is 1. The number of carboxylic acids is 1. The summed E-state index contributed by atoms with van der Waals surface area (Å²) in [6.07, 6.45) is 0. The summed E-state index contributed by atoms with van der Waals surface area (Å²) < 4.78 is 0. The third-order valence-corrected chi connectivity index (χ3v) is 2.90. The predicted molar refractivity (Wildman–Crippen MR) is 70.9 cm³/mol. The molecular weight excluding hydrogens is 246 g/mol. The first-order valence-corrected chi connectivity index (χ1v) is 5.86. The van der Waals surface area contributed by atoms with Gasteiger partial charge in [-0.05, 0) is 26.0 Å². The third kappa shape index (κ3) is 2.79. The Morgan fingerprint density at radius 3 is 2.79 bits per heavy atom. The number of carboxylic acid groups (broad SMARTS) is 1. The summed E-state index contributed by atoms with van der Waals surface area (Å²) in [6, 6.07) is 7.19. The number of nitrogens with zero attached hydrogens (tertiary/aromatic N) is 1. The van der Waals surface area contributed by atoms with E-state index in [4.69, 9.17) is 5.11 Å². The fraction of sp³-hybridized carbons (Fsp3) is 0.308. The van der Waals surface area contributed by atoms with E-state index in [0.29, 0.717) is 11.0 Å². The Morgan fingerprint density at radius 1 is 1.42 bits per heavy atom. The third-order valence-electron chi connectivity index (χ3n) is 2.90. The molecule has 6 nitrogen and oxygen atoms in total. The number of aliphatic carboxylic acids is 1. The van der Waals surface area contributed by atoms with Gasteiger partial charge in [-0.25, -0.2) is 4.98 Å². The van der Waals surface area contributed by atoms with Gasteiger partial charge in [-0.1, -0.05) is 12.1 Å². The Morgan fingerprint density at radius 2 is 2.11 bits per heavy atom. The van der Waals surface area contributed by atoms with Gasteiger partial charge in [-0.3, -0.25) is 14.9 Å². The number of rotatable bonds is 4. The molecule has 0 radical (unpaired) electrons. The van der Waals surface area contributed by atoms with E-state index in [1.54, 1.807) is 12.1 Å². The lowest BCUT2D eigenvalue weighted by atomic mass is 10.1. The number of hydrogen-bond donors (Lipinski definition) is 3. The van der Waals surface area contributed by atoms with Crippen LogP contribution in [0.25, 0.3) is 11.0 Å². The molecule has 0 spiro atoms. The van der Waals surface area contributed by atoms with E-state index in [9.17, 15) is 9.59 Å². The first kappa shape index (κ1) is 13.2. The summed E-state index contributed by atoms with van der Waals surface area (Å²) in [6.45, 7) is 3.16. The Balaban J connectivity index is 2.29. The van der Waals surface area contributed by atoms with Gasteiger partial charge in [0.05, 0.1) is 11.0 Å². The maximum absolute atomic E-state index is 11.8. The maximum atomic E-state index is 11.8. The number of hydrogen-bond acceptors (Lipinski definition) is 4. The number of fused-ring (bicyclic) bond motifs is 1. The van der Waals surface area contributed by atoms with Crippen LogP contribution in [0.5, 0.6) is 0 Å². The van der Waals surface area contributed by atoms with E-state index in [2.05, 4.69) is 15.3 Å². The fourth-order valence-electron chi connectivity index (χ4n) is 1.57. The van der Waals surface area contributed by atoms with Crippen molar-refractivity contribution < 1.29 is 9.90 Å². The molecule has 2 rings (SSSR count). The molecule has 0 saturated heterocycles. The van der Waals surface area contributed by atoms with Crippen LogP contribution in [-0.4, -0.2) is 26.6 Å². The highest BCUT2D eigenvalue weighted by atomic mass is 16.4. The van der Waals surface area contributed by atoms with Crippen molar-refractivity contribution in [2.75, 3.05) is 0 Å². The smallest absolute Gasteiger partial charge is 0.323 e. The Hall–Kier alpha value is -2.21. The molecular formula is C13H15N3O3. The zero-order valence-corrected chi connectivity index (χ0v) is 10.7. The van der Waals surface area contributed by atoms with Crippen LogP contribution in [0, 0.1) is 0 Å². The monoisotopic (exact) mass is 261 g/mol. The highest BCUT2D eigenvalue weighted by Gasteiger charge is 2.26. The summed E-state index contributed by atoms with van der Waals surface area (Å²) in [5.41, 5.74) is 0.181. The molecule has 0 amide bonds. The van der Waals surface area contributed by atoms with Crippen molar-refractivity contribution >= 4 is 17.0 Å². The van der Waals surface area contributed by atoms with Gasteiger partial charge in [-0.15, -0.1) is 0 Å². The highest BCUT2D eigenvalue weighted by molar-refractivity contribution is 5.77. The minimum absolute atomic E-state index is 0.0967. The van der Waals surface area contributed by atoms with Crippen molar-refractivity contribution in [1.82, 2.24) is 15.3 Å². The fourth-order valence-corrected chi connectivity index (χ4v) is 1.57. The van der Waals surface area contributed by atoms with Crippen LogP contribution in [0.2, 0.25) is 0 Å². The standard InChI is InChI=1S/C13H15N3O3/c1-13(2,12(18)19)14-7-10-11(17)16-9-6-4-3-5-8(9)15-10/h3-6,14H,7H2,1-2H3,(H,16,17)(H,18,19). The zero-order chi connectivity index (χ0) is 14.0. The SMILES string of the molecule is CC(C)(NCc1nc2ccccc2[nH]c1=O)C(=O)O. The molecule has 0 aliphatic rings. The Labute approximate surface area is 109 Å². The molecule has 100 valence electrons. The van der Waals surface area contributed by atoms with Crippen LogP contribution >= 0.6 is 0 Å². The highest BCUT2D eigenvalue weighted by Crippen LogP contribution is 2.07. The van der Waals surface area contributed by atoms with Crippen molar-refractivity contribution in [2.45, 2.75) is 25.9 Å². The first-order valence-electron chi connectivity index (χ1n) is 5.86. The van der Waals surface area contributed by atoms with Gasteiger partial charge in [0.15, 0.2) is 0 Å². The number of aromatic nitrogens is 2. The summed E-state index contributed by atoms with van der Waals surface area (Å²) in [5, 5.41) is 11.8. The number of para-hydroxylation sites is 2. The lowest BCUT2D eigenvalue weighted by Crippen LogP contribution is -2.47. The van der Waals surface area contributed by atoms with Gasteiger partial charge in [0.2, 0.25) is 0 Å². The second-order valence-electron chi connectivity index (χ2n) is 4.81. The molecule has 2 aromatic rings. The second kappa shape index (κ2) is 4.81. The normalized spacial score (nSPS) is 11.7. The van der Waals surface area contributed by atoms with Crippen molar-refractivity contribution in [3.05, 3.63) is 40.3 Å². The molecule has 1 aromatic heterocycles. The Kier molecular flexibility index (Phi) is 3.35. The van der Waals surface area contributed by atoms with Gasteiger partial charge in [-0.2, -0.15) is 0 Å². The van der Waals surface area contributed by atoms with Crippen molar-refractivity contribution in [3.8, 4) is 0 Å². The Bertz CT molecular complexity index is 676. The van der Waals surface area contributed by atoms with E-state index in [-0.39, 0.29) is 17.8 Å². The molecule has 6 heteroatoms. The quantitative estimate of drug-likeness (QED) is 0.759. The van der Waals surface area contributed by atoms with Crippen LogP contribution in [-0.2, 0) is 11.3 Å². The molecule has 1 heterocycles. The van der Waals surface area contributed by atoms with Crippen LogP contribution in [0.3, 0.4) is 0 Å². The lowest BCUT2D eigenvalue weighted by molar-refractivity contribution is -0.143. The molecule has 0 aliphatic carbocycles. The summed E-state index contributed by atoms with van der Waals surface area (Å²) in [7, 11) is 0. The molecule has 0 fully saturated rings. The molecule has 0 unspecified atom stereocenters. The topological polar surface area (TPSA) is 95.1 Å². The first-order chi connectivity index (χ1) is 8.90. The molecule has 0 aliphatic heterocycles. The molecule has 0 atom stereocenters. The number of benzene rings is 1. The van der Waals surface area contributed by atoms with Gasteiger partial charge in [0, 0.05) is 6.54 Å². The van der Waals surface area contributed by atoms with Crippen LogP contribution < -0.4 is 10.9 Å². The molecule has 19 heavy (non-hydrogen) atoms. The van der Waals surface area contributed by atoms with Gasteiger partial charge < -0.3 is 10.1 Å². The van der Waals surface area contributed by atoms with E-state index < -0.39 is 11.5 Å². The van der Waals surface area contributed by atoms with Crippen LogP contribution in [0.4, 0.5) is 0 Å². The predicted octanol–water partition coefficient (Wildman–Crippen LogP) is 0.876. The molecule has 0 saturated carbocycles. The minimum Gasteiger partial charge on any atom is -0.480 e. The van der Waals surface area contributed by atoms with Crippen molar-refractivity contribution in [1.29, 1.82) is 0 Å². The number of nitrogens with one attached hydrogen (secondary N) is 2. The molecule has 1 aromatic carbocycles. The number of aromatic amines is 1. The second-order valence-corrected chi connectivity index (χ2v) is 4.81.